The van der Waals surface area contributed by atoms with Crippen LogP contribution in [0.3, 0.4) is 0 Å². The molecule has 0 bridgehead atoms. The maximum Gasteiger partial charge on any atom is 0.117 e. The van der Waals surface area contributed by atoms with Crippen LogP contribution in [0.1, 0.15) is 16.8 Å². The van der Waals surface area contributed by atoms with E-state index in [0.29, 0.717) is 19.6 Å². The number of aryl methyl sites for hydroxylation is 1. The summed E-state index contributed by atoms with van der Waals surface area (Å²) in [5.41, 5.74) is 5.24. The largest absolute Gasteiger partial charge is 0.395 e. The van der Waals surface area contributed by atoms with Gasteiger partial charge in [0.25, 0.3) is 0 Å². The van der Waals surface area contributed by atoms with E-state index in [4.69, 9.17) is 5.11 Å². The Morgan fingerprint density at radius 2 is 1.75 bits per heavy atom. The lowest BCUT2D eigenvalue weighted by atomic mass is 10.1. The van der Waals surface area contributed by atoms with E-state index in [-0.39, 0.29) is 6.61 Å². The monoisotopic (exact) mass is 322 g/mol. The summed E-state index contributed by atoms with van der Waals surface area (Å²) in [6.07, 6.45) is 0. The van der Waals surface area contributed by atoms with E-state index in [1.165, 1.54) is 11.1 Å². The average molecular weight is 322 g/mol. The lowest BCUT2D eigenvalue weighted by Gasteiger charge is -2.01. The highest BCUT2D eigenvalue weighted by atomic mass is 16.3. The van der Waals surface area contributed by atoms with Crippen LogP contribution in [-0.4, -0.2) is 33.3 Å². The number of rotatable bonds is 7. The first-order chi connectivity index (χ1) is 11.8. The van der Waals surface area contributed by atoms with E-state index in [0.717, 1.165) is 17.0 Å². The molecule has 0 aliphatic carbocycles. The molecule has 2 N–H and O–H groups in total. The first kappa shape index (κ1) is 16.4. The van der Waals surface area contributed by atoms with Crippen molar-refractivity contribution in [1.82, 2.24) is 20.3 Å². The summed E-state index contributed by atoms with van der Waals surface area (Å²) >= 11 is 0. The zero-order chi connectivity index (χ0) is 16.8. The van der Waals surface area contributed by atoms with E-state index < -0.39 is 0 Å². The van der Waals surface area contributed by atoms with Gasteiger partial charge in [0.1, 0.15) is 11.4 Å². The van der Waals surface area contributed by atoms with Crippen molar-refractivity contribution in [3.8, 4) is 11.3 Å². The van der Waals surface area contributed by atoms with Gasteiger partial charge in [-0.3, -0.25) is 0 Å². The van der Waals surface area contributed by atoms with Crippen LogP contribution in [0.15, 0.2) is 54.6 Å². The van der Waals surface area contributed by atoms with Crippen molar-refractivity contribution in [3.63, 3.8) is 0 Å². The highest BCUT2D eigenvalue weighted by molar-refractivity contribution is 5.60. The molecule has 0 fully saturated rings. The first-order valence-electron chi connectivity index (χ1n) is 8.13. The van der Waals surface area contributed by atoms with Gasteiger partial charge in [0.15, 0.2) is 0 Å². The fourth-order valence-corrected chi connectivity index (χ4v) is 2.54. The van der Waals surface area contributed by atoms with Crippen LogP contribution in [0, 0.1) is 6.92 Å². The van der Waals surface area contributed by atoms with Crippen molar-refractivity contribution >= 4 is 0 Å². The van der Waals surface area contributed by atoms with Crippen molar-refractivity contribution in [1.29, 1.82) is 0 Å². The third-order valence-corrected chi connectivity index (χ3v) is 3.80. The number of benzene rings is 2. The maximum absolute atomic E-state index is 8.95. The highest BCUT2D eigenvalue weighted by Gasteiger charge is 2.13. The topological polar surface area (TPSA) is 63.0 Å². The molecule has 24 heavy (non-hydrogen) atoms. The van der Waals surface area contributed by atoms with Gasteiger partial charge < -0.3 is 10.4 Å². The molecule has 3 aromatic rings. The third-order valence-electron chi connectivity index (χ3n) is 3.80. The Morgan fingerprint density at radius 3 is 2.46 bits per heavy atom. The Morgan fingerprint density at radius 1 is 1.00 bits per heavy atom. The third kappa shape index (κ3) is 4.07. The molecule has 5 nitrogen and oxygen atoms in total. The van der Waals surface area contributed by atoms with Gasteiger partial charge in [0, 0.05) is 18.7 Å². The van der Waals surface area contributed by atoms with E-state index >= 15 is 0 Å². The van der Waals surface area contributed by atoms with Crippen LogP contribution in [0.25, 0.3) is 11.3 Å². The van der Waals surface area contributed by atoms with E-state index in [1.54, 1.807) is 4.80 Å². The molecule has 0 aliphatic rings. The average Bonchev–Trinajstić information content (AvgIpc) is 3.01. The number of hydrogen-bond donors (Lipinski definition) is 2. The second-order valence-electron chi connectivity index (χ2n) is 5.78. The van der Waals surface area contributed by atoms with E-state index in [2.05, 4.69) is 46.7 Å². The Labute approximate surface area is 142 Å². The summed E-state index contributed by atoms with van der Waals surface area (Å²) in [6, 6.07) is 18.5. The number of nitrogens with zero attached hydrogens (tertiary/aromatic N) is 3. The molecule has 0 radical (unpaired) electrons. The highest BCUT2D eigenvalue weighted by Crippen LogP contribution is 2.20. The molecule has 3 rings (SSSR count). The Hall–Kier alpha value is -2.50. The fourth-order valence-electron chi connectivity index (χ4n) is 2.54. The zero-order valence-electron chi connectivity index (χ0n) is 13.8. The second-order valence-corrected chi connectivity index (χ2v) is 5.78. The minimum absolute atomic E-state index is 0.109. The van der Waals surface area contributed by atoms with Crippen molar-refractivity contribution in [2.45, 2.75) is 20.0 Å². The Balaban J connectivity index is 1.86. The van der Waals surface area contributed by atoms with Gasteiger partial charge in [-0.1, -0.05) is 60.2 Å². The summed E-state index contributed by atoms with van der Waals surface area (Å²) in [7, 11) is 0. The summed E-state index contributed by atoms with van der Waals surface area (Å²) in [4.78, 5) is 1.74. The molecule has 2 aromatic carbocycles. The normalized spacial score (nSPS) is 10.9. The molecule has 1 aromatic heterocycles. The molecule has 5 heteroatoms. The predicted octanol–water partition coefficient (Wildman–Crippen LogP) is 2.38. The van der Waals surface area contributed by atoms with Gasteiger partial charge >= 0.3 is 0 Å². The van der Waals surface area contributed by atoms with Gasteiger partial charge in [-0.25, -0.2) is 0 Å². The van der Waals surface area contributed by atoms with Crippen molar-refractivity contribution in [2.75, 3.05) is 13.2 Å². The predicted molar refractivity (Wildman–Crippen MR) is 94.5 cm³/mol. The summed E-state index contributed by atoms with van der Waals surface area (Å²) < 4.78 is 0. The fraction of sp³-hybridized carbons (Fsp3) is 0.263. The van der Waals surface area contributed by atoms with Crippen molar-refractivity contribution in [3.05, 3.63) is 71.4 Å². The van der Waals surface area contributed by atoms with Crippen LogP contribution in [-0.2, 0) is 13.1 Å². The molecular formula is C19H22N4O. The second kappa shape index (κ2) is 7.86. The summed E-state index contributed by atoms with van der Waals surface area (Å²) in [6.45, 7) is 3.95. The molecule has 0 saturated heterocycles. The zero-order valence-corrected chi connectivity index (χ0v) is 13.8. The molecule has 0 spiro atoms. The molecule has 1 heterocycles. The molecule has 0 unspecified atom stereocenters. The smallest absolute Gasteiger partial charge is 0.117 e. The van der Waals surface area contributed by atoms with Crippen LogP contribution in [0.2, 0.25) is 0 Å². The summed E-state index contributed by atoms with van der Waals surface area (Å²) in [5.74, 6) is 0. The molecule has 0 saturated carbocycles. The number of aliphatic hydroxyl groups excluding tert-OH is 1. The minimum atomic E-state index is 0.109. The quantitative estimate of drug-likeness (QED) is 0.656. The maximum atomic E-state index is 8.95. The van der Waals surface area contributed by atoms with Crippen LogP contribution in [0.5, 0.6) is 0 Å². The number of nitrogens with one attached hydrogen (secondary N) is 1. The van der Waals surface area contributed by atoms with Crippen molar-refractivity contribution < 1.29 is 5.11 Å². The molecule has 0 atom stereocenters. The van der Waals surface area contributed by atoms with Crippen LogP contribution < -0.4 is 5.32 Å². The van der Waals surface area contributed by atoms with E-state index in [1.807, 2.05) is 30.3 Å². The number of aliphatic hydroxyl groups is 1. The molecular weight excluding hydrogens is 300 g/mol. The first-order valence-corrected chi connectivity index (χ1v) is 8.13. The number of hydrogen-bond acceptors (Lipinski definition) is 4. The van der Waals surface area contributed by atoms with Gasteiger partial charge in [-0.2, -0.15) is 15.0 Å². The van der Waals surface area contributed by atoms with Crippen LogP contribution in [0.4, 0.5) is 0 Å². The van der Waals surface area contributed by atoms with Gasteiger partial charge in [0.2, 0.25) is 0 Å². The van der Waals surface area contributed by atoms with Crippen LogP contribution >= 0.6 is 0 Å². The molecule has 0 aliphatic heterocycles. The lowest BCUT2D eigenvalue weighted by molar-refractivity contribution is 0.291. The summed E-state index contributed by atoms with van der Waals surface area (Å²) in [5, 5.41) is 21.4. The van der Waals surface area contributed by atoms with Gasteiger partial charge in [0.05, 0.1) is 13.2 Å². The van der Waals surface area contributed by atoms with E-state index in [9.17, 15) is 0 Å². The number of aromatic nitrogens is 3. The van der Waals surface area contributed by atoms with Gasteiger partial charge in [-0.05, 0) is 12.5 Å². The standard InChI is InChI=1S/C19H22N4O/c1-15-7-9-16(10-8-15)14-23-21-18(13-20-11-12-24)19(22-23)17-5-3-2-4-6-17/h2-10,20,24H,11-14H2,1H3. The Bertz CT molecular complexity index is 766. The van der Waals surface area contributed by atoms with Gasteiger partial charge in [-0.15, -0.1) is 0 Å². The van der Waals surface area contributed by atoms with Crippen molar-refractivity contribution in [2.24, 2.45) is 0 Å². The molecule has 0 amide bonds. The molecule has 124 valence electrons. The lowest BCUT2D eigenvalue weighted by Crippen LogP contribution is -2.18. The Kier molecular flexibility index (Phi) is 5.36. The minimum Gasteiger partial charge on any atom is -0.395 e. The SMILES string of the molecule is Cc1ccc(Cn2nc(CNCCO)c(-c3ccccc3)n2)cc1.